The number of carbonyl (C=O) groups is 2. The van der Waals surface area contributed by atoms with Gasteiger partial charge in [0.2, 0.25) is 0 Å². The average Bonchev–Trinajstić information content (AvgIpc) is 3.01. The van der Waals surface area contributed by atoms with Gasteiger partial charge in [-0.15, -0.1) is 0 Å². The molecule has 8 nitrogen and oxygen atoms in total. The molecule has 0 spiro atoms. The predicted molar refractivity (Wildman–Crippen MR) is 148 cm³/mol. The van der Waals surface area contributed by atoms with Gasteiger partial charge in [0, 0.05) is 37.8 Å². The van der Waals surface area contributed by atoms with Crippen LogP contribution in [0.3, 0.4) is 0 Å². The lowest BCUT2D eigenvalue weighted by molar-refractivity contribution is -0.141. The van der Waals surface area contributed by atoms with Crippen LogP contribution in [0.1, 0.15) is 35.3 Å². The molecule has 0 saturated heterocycles. The van der Waals surface area contributed by atoms with Gasteiger partial charge in [-0.05, 0) is 54.1 Å². The largest absolute Gasteiger partial charge is 0.493 e. The molecule has 0 saturated carbocycles. The van der Waals surface area contributed by atoms with Gasteiger partial charge in [0.15, 0.2) is 5.82 Å². The maximum absolute atomic E-state index is 13.4. The minimum absolute atomic E-state index is 0.127. The lowest BCUT2D eigenvalue weighted by Crippen LogP contribution is -2.25. The molecule has 4 aromatic rings. The number of nitrogens with zero attached hydrogens (tertiary/aromatic N) is 4. The SMILES string of the molecule is CCN1c2ncc(CCOc3cccc4c(CC(C)C(=O)O)cccc34)cc2C(=O)N(C)c2cccnc21. The summed E-state index contributed by atoms with van der Waals surface area (Å²) in [5, 5.41) is 11.3. The fraction of sp³-hybridized carbons (Fsp3) is 0.267. The molecular formula is C30H30N4O4. The highest BCUT2D eigenvalue weighted by molar-refractivity contribution is 6.12. The first-order chi connectivity index (χ1) is 18.4. The fourth-order valence-electron chi connectivity index (χ4n) is 4.90. The monoisotopic (exact) mass is 510 g/mol. The van der Waals surface area contributed by atoms with Gasteiger partial charge < -0.3 is 19.6 Å². The van der Waals surface area contributed by atoms with Crippen molar-refractivity contribution in [2.24, 2.45) is 5.92 Å². The predicted octanol–water partition coefficient (Wildman–Crippen LogP) is 5.26. The zero-order chi connectivity index (χ0) is 26.8. The third kappa shape index (κ3) is 4.65. The highest BCUT2D eigenvalue weighted by Gasteiger charge is 2.30. The van der Waals surface area contributed by atoms with Crippen molar-refractivity contribution < 1.29 is 19.4 Å². The lowest BCUT2D eigenvalue weighted by Gasteiger charge is -2.22. The molecule has 5 rings (SSSR count). The Hall–Kier alpha value is -4.46. The second kappa shape index (κ2) is 10.5. The normalized spacial score (nSPS) is 13.6. The van der Waals surface area contributed by atoms with E-state index in [1.54, 1.807) is 31.3 Å². The van der Waals surface area contributed by atoms with E-state index in [-0.39, 0.29) is 5.91 Å². The van der Waals surface area contributed by atoms with Crippen LogP contribution in [-0.2, 0) is 17.6 Å². The molecular weight excluding hydrogens is 480 g/mol. The van der Waals surface area contributed by atoms with E-state index in [9.17, 15) is 14.7 Å². The first-order valence-electron chi connectivity index (χ1n) is 12.7. The Balaban J connectivity index is 1.36. The van der Waals surface area contributed by atoms with E-state index < -0.39 is 11.9 Å². The van der Waals surface area contributed by atoms with Crippen LogP contribution in [0.4, 0.5) is 17.3 Å². The Bertz CT molecular complexity index is 1520. The number of aliphatic carboxylic acids is 1. The Morgan fingerprint density at radius 1 is 1.05 bits per heavy atom. The fourth-order valence-corrected chi connectivity index (χ4v) is 4.90. The average molecular weight is 511 g/mol. The van der Waals surface area contributed by atoms with Crippen LogP contribution in [0.25, 0.3) is 10.8 Å². The van der Waals surface area contributed by atoms with Crippen LogP contribution in [-0.4, -0.2) is 47.2 Å². The van der Waals surface area contributed by atoms with Crippen molar-refractivity contribution in [1.82, 2.24) is 9.97 Å². The summed E-state index contributed by atoms with van der Waals surface area (Å²) in [6, 6.07) is 17.3. The molecule has 1 amide bonds. The summed E-state index contributed by atoms with van der Waals surface area (Å²) in [6.07, 6.45) is 4.54. The Morgan fingerprint density at radius 3 is 2.63 bits per heavy atom. The summed E-state index contributed by atoms with van der Waals surface area (Å²) in [4.78, 5) is 37.5. The van der Waals surface area contributed by atoms with E-state index in [4.69, 9.17) is 4.74 Å². The van der Waals surface area contributed by atoms with Crippen molar-refractivity contribution in [1.29, 1.82) is 0 Å². The van der Waals surface area contributed by atoms with E-state index >= 15 is 0 Å². The van der Waals surface area contributed by atoms with Crippen LogP contribution in [0, 0.1) is 5.92 Å². The number of fused-ring (bicyclic) bond motifs is 3. The van der Waals surface area contributed by atoms with E-state index in [0.29, 0.717) is 43.2 Å². The molecule has 1 N–H and O–H groups in total. The zero-order valence-electron chi connectivity index (χ0n) is 21.7. The van der Waals surface area contributed by atoms with E-state index in [2.05, 4.69) is 9.97 Å². The number of benzene rings is 2. The van der Waals surface area contributed by atoms with Crippen LogP contribution in [0.5, 0.6) is 5.75 Å². The van der Waals surface area contributed by atoms with Gasteiger partial charge in [-0.25, -0.2) is 9.97 Å². The number of aromatic nitrogens is 2. The number of ether oxygens (including phenoxy) is 1. The standard InChI is InChI=1S/C30H30N4O4/c1-4-34-27-24(29(35)33(3)25-11-7-14-31-28(25)34)17-20(18-32-27)13-15-38-26-12-6-9-22-21(8-5-10-23(22)26)16-19(2)30(36)37/h5-12,14,17-19H,4,13,15-16H2,1-3H3,(H,36,37). The summed E-state index contributed by atoms with van der Waals surface area (Å²) >= 11 is 0. The van der Waals surface area contributed by atoms with E-state index in [1.807, 2.05) is 66.4 Å². The molecule has 0 radical (unpaired) electrons. The van der Waals surface area contributed by atoms with E-state index in [0.717, 1.165) is 33.3 Å². The second-order valence-corrected chi connectivity index (χ2v) is 9.48. The Labute approximate surface area is 221 Å². The van der Waals surface area contributed by atoms with Crippen molar-refractivity contribution >= 4 is 40.0 Å². The number of anilines is 3. The molecule has 1 aliphatic rings. The summed E-state index contributed by atoms with van der Waals surface area (Å²) < 4.78 is 6.18. The summed E-state index contributed by atoms with van der Waals surface area (Å²) in [6.45, 7) is 4.76. The van der Waals surface area contributed by atoms with Gasteiger partial charge in [0.1, 0.15) is 11.6 Å². The zero-order valence-corrected chi connectivity index (χ0v) is 21.7. The molecule has 2 aromatic heterocycles. The first-order valence-corrected chi connectivity index (χ1v) is 12.7. The quantitative estimate of drug-likeness (QED) is 0.345. The topological polar surface area (TPSA) is 95.9 Å². The number of carbonyl (C=O) groups excluding carboxylic acids is 1. The smallest absolute Gasteiger partial charge is 0.306 e. The molecule has 8 heteroatoms. The van der Waals surface area contributed by atoms with Crippen LogP contribution < -0.4 is 14.5 Å². The van der Waals surface area contributed by atoms with Gasteiger partial charge in [-0.2, -0.15) is 0 Å². The molecule has 1 atom stereocenters. The number of hydrogen-bond acceptors (Lipinski definition) is 6. The number of rotatable bonds is 8. The number of hydrogen-bond donors (Lipinski definition) is 1. The molecule has 3 heterocycles. The first kappa shape index (κ1) is 25.2. The van der Waals surface area contributed by atoms with Crippen LogP contribution >= 0.6 is 0 Å². The summed E-state index contributed by atoms with van der Waals surface area (Å²) in [5.41, 5.74) is 3.16. The maximum Gasteiger partial charge on any atom is 0.306 e. The highest BCUT2D eigenvalue weighted by atomic mass is 16.5. The third-order valence-corrected chi connectivity index (χ3v) is 6.98. The van der Waals surface area contributed by atoms with Gasteiger partial charge in [-0.3, -0.25) is 9.59 Å². The minimum atomic E-state index is -0.810. The lowest BCUT2D eigenvalue weighted by atomic mass is 9.96. The number of pyridine rings is 2. The molecule has 38 heavy (non-hydrogen) atoms. The van der Waals surface area contributed by atoms with Crippen molar-refractivity contribution in [2.75, 3.05) is 30.0 Å². The van der Waals surface area contributed by atoms with Gasteiger partial charge in [0.25, 0.3) is 5.91 Å². The van der Waals surface area contributed by atoms with Crippen molar-refractivity contribution in [2.45, 2.75) is 26.7 Å². The molecule has 194 valence electrons. The summed E-state index contributed by atoms with van der Waals surface area (Å²) in [7, 11) is 1.76. The van der Waals surface area contributed by atoms with Crippen LogP contribution in [0.2, 0.25) is 0 Å². The molecule has 1 aliphatic heterocycles. The molecule has 0 fully saturated rings. The molecule has 0 bridgehead atoms. The number of carboxylic acid groups (broad SMARTS) is 1. The van der Waals surface area contributed by atoms with Crippen LogP contribution in [0.15, 0.2) is 67.0 Å². The van der Waals surface area contributed by atoms with Gasteiger partial charge >= 0.3 is 5.97 Å². The number of carboxylic acids is 1. The summed E-state index contributed by atoms with van der Waals surface area (Å²) in [5.74, 6) is 0.641. The molecule has 0 aliphatic carbocycles. The molecule has 1 unspecified atom stereocenters. The maximum atomic E-state index is 13.4. The number of amides is 1. The Morgan fingerprint density at radius 2 is 1.84 bits per heavy atom. The van der Waals surface area contributed by atoms with Crippen molar-refractivity contribution in [3.05, 3.63) is 83.7 Å². The third-order valence-electron chi connectivity index (χ3n) is 6.98. The van der Waals surface area contributed by atoms with Gasteiger partial charge in [-0.1, -0.05) is 37.3 Å². The minimum Gasteiger partial charge on any atom is -0.493 e. The highest BCUT2D eigenvalue weighted by Crippen LogP contribution is 2.37. The van der Waals surface area contributed by atoms with Crippen molar-refractivity contribution in [3.8, 4) is 5.75 Å². The molecule has 2 aromatic carbocycles. The second-order valence-electron chi connectivity index (χ2n) is 9.48. The van der Waals surface area contributed by atoms with Crippen molar-refractivity contribution in [3.63, 3.8) is 0 Å². The van der Waals surface area contributed by atoms with Gasteiger partial charge in [0.05, 0.1) is 23.8 Å². The van der Waals surface area contributed by atoms with E-state index in [1.165, 1.54) is 0 Å². The Kier molecular flexibility index (Phi) is 6.96.